The van der Waals surface area contributed by atoms with Crippen molar-refractivity contribution in [2.75, 3.05) is 13.7 Å². The molecule has 356 valence electrons. The number of methoxy groups -OCH3 is 1. The van der Waals surface area contributed by atoms with Crippen molar-refractivity contribution >= 4 is 29.2 Å². The number of amides is 2. The van der Waals surface area contributed by atoms with Gasteiger partial charge in [-0.2, -0.15) is 0 Å². The van der Waals surface area contributed by atoms with E-state index in [1.807, 2.05) is 13.8 Å². The second-order valence-corrected chi connectivity index (χ2v) is 19.2. The predicted molar refractivity (Wildman–Crippen MR) is 253 cm³/mol. The molecule has 2 aromatic rings. The number of rotatable bonds is 18. The number of benzene rings is 2. The number of phenols is 2. The number of hydrogen-bond acceptors (Lipinski definition) is 12. The molecule has 0 aliphatic carbocycles. The Morgan fingerprint density at radius 3 is 1.65 bits per heavy atom. The third-order valence-corrected chi connectivity index (χ3v) is 13.6. The molecular formula is C52H68N4O10. The zero-order valence-corrected chi connectivity index (χ0v) is 40.2. The first-order chi connectivity index (χ1) is 31.3. The van der Waals surface area contributed by atoms with Gasteiger partial charge in [0.05, 0.1) is 31.3 Å². The number of fused-ring (bicyclic) bond motifs is 6. The monoisotopic (exact) mass is 908 g/mol. The number of ether oxygens (including phenoxy) is 3. The van der Waals surface area contributed by atoms with Crippen LogP contribution in [0.4, 0.5) is 0 Å². The molecule has 6 rings (SSSR count). The Kier molecular flexibility index (Phi) is 15.4. The summed E-state index contributed by atoms with van der Waals surface area (Å²) < 4.78 is 18.5. The molecule has 0 spiro atoms. The first kappa shape index (κ1) is 49.4. The average molecular weight is 909 g/mol. The minimum Gasteiger partial charge on any atom is -0.507 e. The normalized spacial score (nSPS) is 21.8. The Morgan fingerprint density at radius 1 is 0.727 bits per heavy atom. The summed E-state index contributed by atoms with van der Waals surface area (Å²) in [5, 5.41) is 49.7. The van der Waals surface area contributed by atoms with Crippen LogP contribution >= 0.6 is 0 Å². The Labute approximate surface area is 389 Å². The summed E-state index contributed by atoms with van der Waals surface area (Å²) in [7, 11) is 1.26. The Bertz CT molecular complexity index is 2420. The van der Waals surface area contributed by atoms with Gasteiger partial charge in [0.2, 0.25) is 0 Å². The number of hydrogen-bond donors (Lipinski definition) is 4. The number of phenolic OH excluding ortho intramolecular Hbond substituents is 2. The van der Waals surface area contributed by atoms with E-state index in [-0.39, 0.29) is 61.9 Å². The predicted octanol–water partition coefficient (Wildman–Crippen LogP) is 10.0. The Hall–Kier alpha value is -6.05. The largest absolute Gasteiger partial charge is 0.507 e. The fourth-order valence-corrected chi connectivity index (χ4v) is 9.54. The zero-order chi connectivity index (χ0) is 48.1. The van der Waals surface area contributed by atoms with Crippen LogP contribution in [0, 0.1) is 0 Å². The zero-order valence-electron chi connectivity index (χ0n) is 40.2. The molecule has 0 bridgehead atoms. The second-order valence-electron chi connectivity index (χ2n) is 19.2. The van der Waals surface area contributed by atoms with E-state index in [1.54, 1.807) is 4.90 Å². The van der Waals surface area contributed by atoms with Gasteiger partial charge in [0.15, 0.2) is 0 Å². The Morgan fingerprint density at radius 2 is 1.20 bits per heavy atom. The number of esters is 1. The second kappa shape index (κ2) is 20.6. The van der Waals surface area contributed by atoms with Crippen molar-refractivity contribution in [3.05, 3.63) is 92.1 Å². The lowest BCUT2D eigenvalue weighted by Crippen LogP contribution is -2.46. The summed E-state index contributed by atoms with van der Waals surface area (Å²) in [6.45, 7) is 16.7. The van der Waals surface area contributed by atoms with E-state index in [1.165, 1.54) is 46.4 Å². The number of carbonyl (C=O) groups is 3. The fraction of sp³-hybridized carbons (Fsp3) is 0.519. The van der Waals surface area contributed by atoms with E-state index >= 15 is 0 Å². The summed E-state index contributed by atoms with van der Waals surface area (Å²) in [6.07, 6.45) is 15.6. The molecule has 0 saturated heterocycles. The van der Waals surface area contributed by atoms with E-state index in [4.69, 9.17) is 14.2 Å². The minimum atomic E-state index is -1.03. The van der Waals surface area contributed by atoms with Gasteiger partial charge in [0.1, 0.15) is 51.7 Å². The van der Waals surface area contributed by atoms with Gasteiger partial charge in [-0.1, -0.05) is 56.9 Å². The smallest absolute Gasteiger partial charge is 0.328 e. The van der Waals surface area contributed by atoms with Crippen molar-refractivity contribution in [1.29, 1.82) is 0 Å². The highest BCUT2D eigenvalue weighted by Crippen LogP contribution is 2.48. The summed E-state index contributed by atoms with van der Waals surface area (Å²) >= 11 is 0. The summed E-state index contributed by atoms with van der Waals surface area (Å²) in [6, 6.07) is 1.81. The van der Waals surface area contributed by atoms with Crippen molar-refractivity contribution < 1.29 is 49.2 Å². The molecule has 0 unspecified atom stereocenters. The number of oxime groups is 2. The molecule has 66 heavy (non-hydrogen) atoms. The molecule has 14 heteroatoms. The molecule has 4 N–H and O–H groups in total. The minimum absolute atomic E-state index is 0.0155. The molecule has 0 saturated carbocycles. The van der Waals surface area contributed by atoms with Crippen LogP contribution < -0.4 is 9.47 Å². The van der Waals surface area contributed by atoms with E-state index in [0.717, 1.165) is 25.7 Å². The highest BCUT2D eigenvalue weighted by molar-refractivity contribution is 6.04. The highest BCUT2D eigenvalue weighted by atomic mass is 16.5. The SMILES string of the molecule is COC(=O)[C@H](CCCN1Cc2c(cc(O)c3c2O[C@](C)(CC/C=C(\C)CCC=C(C)C)/C(=N/O)C3)C1=O)N1Cc2c(cc(O)c3c2O[C@](C)(CC/C=C(\C)CCC=C(C)C)/C(=N\O)C3)C1=O. The summed E-state index contributed by atoms with van der Waals surface area (Å²) in [5.41, 5.74) is 6.32. The van der Waals surface area contributed by atoms with Crippen molar-refractivity contribution in [2.24, 2.45) is 10.3 Å². The highest BCUT2D eigenvalue weighted by Gasteiger charge is 2.46. The van der Waals surface area contributed by atoms with Crippen LogP contribution in [-0.2, 0) is 35.5 Å². The molecule has 14 nitrogen and oxygen atoms in total. The number of aromatic hydroxyl groups is 2. The third kappa shape index (κ3) is 10.5. The first-order valence-corrected chi connectivity index (χ1v) is 23.2. The van der Waals surface area contributed by atoms with Crippen LogP contribution in [0.5, 0.6) is 23.0 Å². The van der Waals surface area contributed by atoms with Crippen LogP contribution in [0.1, 0.15) is 163 Å². The van der Waals surface area contributed by atoms with Gasteiger partial charge in [-0.05, 0) is 132 Å². The van der Waals surface area contributed by atoms with Gasteiger partial charge in [0, 0.05) is 41.6 Å². The van der Waals surface area contributed by atoms with Crippen LogP contribution in [0.15, 0.2) is 69.0 Å². The van der Waals surface area contributed by atoms with E-state index in [0.29, 0.717) is 82.8 Å². The van der Waals surface area contributed by atoms with Gasteiger partial charge < -0.3 is 44.6 Å². The topological polar surface area (TPSA) is 191 Å². The van der Waals surface area contributed by atoms with Crippen molar-refractivity contribution in [3.8, 4) is 23.0 Å². The maximum absolute atomic E-state index is 14.1. The van der Waals surface area contributed by atoms with Gasteiger partial charge in [-0.3, -0.25) is 9.59 Å². The number of carbonyl (C=O) groups excluding carboxylic acids is 3. The fourth-order valence-electron chi connectivity index (χ4n) is 9.54. The van der Waals surface area contributed by atoms with Gasteiger partial charge in [0.25, 0.3) is 11.8 Å². The molecule has 2 amide bonds. The van der Waals surface area contributed by atoms with Gasteiger partial charge in [-0.25, -0.2) is 4.79 Å². The van der Waals surface area contributed by atoms with Gasteiger partial charge in [-0.15, -0.1) is 0 Å². The molecule has 3 atom stereocenters. The molecule has 0 aromatic heterocycles. The lowest BCUT2D eigenvalue weighted by Gasteiger charge is -2.37. The third-order valence-electron chi connectivity index (χ3n) is 13.6. The molecule has 4 aliphatic heterocycles. The number of allylic oxidation sites excluding steroid dienone is 8. The van der Waals surface area contributed by atoms with Crippen LogP contribution in [0.2, 0.25) is 0 Å². The molecular weight excluding hydrogens is 841 g/mol. The van der Waals surface area contributed by atoms with Crippen LogP contribution in [0.25, 0.3) is 0 Å². The van der Waals surface area contributed by atoms with E-state index < -0.39 is 29.1 Å². The molecule has 0 fully saturated rings. The van der Waals surface area contributed by atoms with E-state index in [2.05, 4.69) is 76.2 Å². The maximum atomic E-state index is 14.1. The maximum Gasteiger partial charge on any atom is 0.328 e. The molecule has 4 aliphatic rings. The van der Waals surface area contributed by atoms with Crippen LogP contribution in [-0.4, -0.2) is 90.5 Å². The molecule has 4 heterocycles. The Balaban J connectivity index is 1.15. The molecule has 0 radical (unpaired) electrons. The van der Waals surface area contributed by atoms with Gasteiger partial charge >= 0.3 is 5.97 Å². The first-order valence-electron chi connectivity index (χ1n) is 23.2. The quantitative estimate of drug-likeness (QED) is 0.0485. The van der Waals surface area contributed by atoms with Crippen molar-refractivity contribution in [2.45, 2.75) is 163 Å². The van der Waals surface area contributed by atoms with Crippen molar-refractivity contribution in [1.82, 2.24) is 9.80 Å². The lowest BCUT2D eigenvalue weighted by atomic mass is 9.84. The average Bonchev–Trinajstić information content (AvgIpc) is 3.75. The number of nitrogens with zero attached hydrogens (tertiary/aromatic N) is 4. The van der Waals surface area contributed by atoms with Crippen molar-refractivity contribution in [3.63, 3.8) is 0 Å². The summed E-state index contributed by atoms with van der Waals surface area (Å²) in [5.74, 6) is -0.924. The van der Waals surface area contributed by atoms with E-state index in [9.17, 15) is 35.0 Å². The molecule has 2 aromatic carbocycles. The lowest BCUT2D eigenvalue weighted by molar-refractivity contribution is -0.146. The standard InChI is InChI=1S/C52H68N4O10/c1-31(2)15-10-17-33(5)19-12-22-51(7)44(53-62)27-37-42(57)25-35-39(46(37)65-51)29-55(48(35)59)24-14-21-41(50(61)64-9)56-30-40-36(49(56)60)26-43(58)38-28-45(54-63)52(8,66-47(38)40)23-13-20-34(6)18-11-16-32(3)4/h15-16,19-20,25-26,41,57-58,62-63H,10-14,17-18,21-24,27-30H2,1-9H3/b33-19+,34-20+,53-44+,54-45-/t41-,51+,52+/m0/s1. The van der Waals surface area contributed by atoms with Crippen LogP contribution in [0.3, 0.4) is 0 Å². The summed E-state index contributed by atoms with van der Waals surface area (Å²) in [4.78, 5) is 44.6.